The lowest BCUT2D eigenvalue weighted by Crippen LogP contribution is -2.49. The molecule has 1 N–H and O–H groups in total. The number of carbonyl (C=O) groups is 2. The van der Waals surface area contributed by atoms with Gasteiger partial charge in [-0.2, -0.15) is 0 Å². The van der Waals surface area contributed by atoms with Gasteiger partial charge in [0, 0.05) is 44.8 Å². The van der Waals surface area contributed by atoms with Crippen LogP contribution in [-0.2, 0) is 9.59 Å². The Hall–Kier alpha value is -3.02. The van der Waals surface area contributed by atoms with Gasteiger partial charge in [-0.05, 0) is 35.7 Å². The van der Waals surface area contributed by atoms with Gasteiger partial charge in [0.15, 0.2) is 6.61 Å². The SMILES string of the molecule is CC(C)c1ccc(OCC(=O)NCCC(=O)N2CCN(c3ccccc3)CC2)cc1. The number of piperazine rings is 1. The number of ether oxygens (including phenoxy) is 1. The molecule has 1 heterocycles. The van der Waals surface area contributed by atoms with Gasteiger partial charge >= 0.3 is 0 Å². The predicted molar refractivity (Wildman–Crippen MR) is 119 cm³/mol. The summed E-state index contributed by atoms with van der Waals surface area (Å²) in [5.74, 6) is 0.987. The molecular weight excluding hydrogens is 378 g/mol. The maximum atomic E-state index is 12.4. The summed E-state index contributed by atoms with van der Waals surface area (Å²) in [6.07, 6.45) is 0.306. The maximum Gasteiger partial charge on any atom is 0.257 e. The molecule has 3 rings (SSSR count). The van der Waals surface area contributed by atoms with Crippen LogP contribution in [0.2, 0.25) is 0 Å². The van der Waals surface area contributed by atoms with Crippen LogP contribution in [0.4, 0.5) is 5.69 Å². The average molecular weight is 410 g/mol. The lowest BCUT2D eigenvalue weighted by atomic mass is 10.0. The minimum absolute atomic E-state index is 0.0506. The van der Waals surface area contributed by atoms with E-state index in [0.29, 0.717) is 37.7 Å². The van der Waals surface area contributed by atoms with Crippen molar-refractivity contribution >= 4 is 17.5 Å². The second-order valence-electron chi connectivity index (χ2n) is 7.82. The van der Waals surface area contributed by atoms with Gasteiger partial charge in [0.1, 0.15) is 5.75 Å². The average Bonchev–Trinajstić information content (AvgIpc) is 2.78. The van der Waals surface area contributed by atoms with Crippen LogP contribution in [0.1, 0.15) is 31.7 Å². The number of nitrogens with zero attached hydrogens (tertiary/aromatic N) is 2. The standard InChI is InChI=1S/C24H31N3O3/c1-19(2)20-8-10-22(11-9-20)30-18-23(28)25-13-12-24(29)27-16-14-26(15-17-27)21-6-4-3-5-7-21/h3-11,19H,12-18H2,1-2H3,(H,25,28). The third-order valence-electron chi connectivity index (χ3n) is 5.33. The normalized spacial score (nSPS) is 14.0. The first-order valence-corrected chi connectivity index (χ1v) is 10.6. The first-order valence-electron chi connectivity index (χ1n) is 10.6. The zero-order valence-corrected chi connectivity index (χ0v) is 17.8. The van der Waals surface area contributed by atoms with E-state index in [-0.39, 0.29) is 18.4 Å². The Bertz CT molecular complexity index is 813. The van der Waals surface area contributed by atoms with Gasteiger partial charge < -0.3 is 19.9 Å². The number of hydrogen-bond donors (Lipinski definition) is 1. The molecule has 2 aromatic rings. The molecule has 6 heteroatoms. The fourth-order valence-electron chi connectivity index (χ4n) is 3.47. The van der Waals surface area contributed by atoms with Crippen molar-refractivity contribution < 1.29 is 14.3 Å². The number of rotatable bonds is 8. The number of carbonyl (C=O) groups excluding carboxylic acids is 2. The van der Waals surface area contributed by atoms with E-state index in [1.807, 2.05) is 47.4 Å². The lowest BCUT2D eigenvalue weighted by Gasteiger charge is -2.36. The molecule has 0 spiro atoms. The van der Waals surface area contributed by atoms with Gasteiger partial charge in [-0.3, -0.25) is 9.59 Å². The minimum Gasteiger partial charge on any atom is -0.484 e. The molecule has 0 bridgehead atoms. The van der Waals surface area contributed by atoms with Gasteiger partial charge in [0.25, 0.3) is 5.91 Å². The van der Waals surface area contributed by atoms with E-state index >= 15 is 0 Å². The Morgan fingerprint density at radius 3 is 2.27 bits per heavy atom. The van der Waals surface area contributed by atoms with Crippen LogP contribution in [0.3, 0.4) is 0 Å². The molecule has 1 aliphatic heterocycles. The minimum atomic E-state index is -0.218. The first-order chi connectivity index (χ1) is 14.5. The van der Waals surface area contributed by atoms with Crippen LogP contribution in [0.25, 0.3) is 0 Å². The highest BCUT2D eigenvalue weighted by Gasteiger charge is 2.21. The summed E-state index contributed by atoms with van der Waals surface area (Å²) >= 11 is 0. The van der Waals surface area contributed by atoms with Gasteiger partial charge in [0.05, 0.1) is 0 Å². The van der Waals surface area contributed by atoms with Crippen molar-refractivity contribution in [1.29, 1.82) is 0 Å². The van der Waals surface area contributed by atoms with Crippen LogP contribution < -0.4 is 15.0 Å². The summed E-state index contributed by atoms with van der Waals surface area (Å²) in [7, 11) is 0. The molecule has 160 valence electrons. The van der Waals surface area contributed by atoms with Crippen LogP contribution in [0.5, 0.6) is 5.75 Å². The monoisotopic (exact) mass is 409 g/mol. The highest BCUT2D eigenvalue weighted by atomic mass is 16.5. The number of benzene rings is 2. The van der Waals surface area contributed by atoms with Crippen molar-refractivity contribution in [1.82, 2.24) is 10.2 Å². The van der Waals surface area contributed by atoms with Crippen molar-refractivity contribution in [2.75, 3.05) is 44.2 Å². The Balaban J connectivity index is 1.32. The Morgan fingerprint density at radius 2 is 1.63 bits per heavy atom. The predicted octanol–water partition coefficient (Wildman–Crippen LogP) is 3.04. The summed E-state index contributed by atoms with van der Waals surface area (Å²) < 4.78 is 5.52. The molecule has 0 saturated carbocycles. The van der Waals surface area contributed by atoms with Crippen molar-refractivity contribution in [2.45, 2.75) is 26.2 Å². The van der Waals surface area contributed by atoms with Crippen molar-refractivity contribution in [3.63, 3.8) is 0 Å². The highest BCUT2D eigenvalue weighted by molar-refractivity contribution is 5.80. The smallest absolute Gasteiger partial charge is 0.257 e. The topological polar surface area (TPSA) is 61.9 Å². The van der Waals surface area contributed by atoms with E-state index < -0.39 is 0 Å². The van der Waals surface area contributed by atoms with E-state index in [1.165, 1.54) is 11.3 Å². The van der Waals surface area contributed by atoms with Gasteiger partial charge in [-0.25, -0.2) is 0 Å². The lowest BCUT2D eigenvalue weighted by molar-refractivity contribution is -0.131. The van der Waals surface area contributed by atoms with Crippen LogP contribution in [-0.4, -0.2) is 56.0 Å². The van der Waals surface area contributed by atoms with Gasteiger partial charge in [0.2, 0.25) is 5.91 Å². The third-order valence-corrected chi connectivity index (χ3v) is 5.33. The molecular formula is C24H31N3O3. The largest absolute Gasteiger partial charge is 0.484 e. The molecule has 2 aromatic carbocycles. The van der Waals surface area contributed by atoms with Gasteiger partial charge in [-0.15, -0.1) is 0 Å². The summed E-state index contributed by atoms with van der Waals surface area (Å²) in [5, 5.41) is 2.77. The second kappa shape index (κ2) is 10.7. The molecule has 0 unspecified atom stereocenters. The van der Waals surface area contributed by atoms with Crippen LogP contribution in [0.15, 0.2) is 54.6 Å². The van der Waals surface area contributed by atoms with E-state index in [2.05, 4.69) is 36.2 Å². The van der Waals surface area contributed by atoms with Gasteiger partial charge in [-0.1, -0.05) is 44.2 Å². The van der Waals surface area contributed by atoms with Crippen LogP contribution in [0, 0.1) is 0 Å². The molecule has 0 atom stereocenters. The summed E-state index contributed by atoms with van der Waals surface area (Å²) in [6.45, 7) is 7.60. The molecule has 0 radical (unpaired) electrons. The Labute approximate surface area is 178 Å². The van der Waals surface area contributed by atoms with E-state index in [0.717, 1.165) is 13.1 Å². The van der Waals surface area contributed by atoms with E-state index in [4.69, 9.17) is 4.74 Å². The molecule has 1 fully saturated rings. The second-order valence-corrected chi connectivity index (χ2v) is 7.82. The first kappa shape index (κ1) is 21.7. The number of para-hydroxylation sites is 1. The third kappa shape index (κ3) is 6.24. The highest BCUT2D eigenvalue weighted by Crippen LogP contribution is 2.18. The summed E-state index contributed by atoms with van der Waals surface area (Å²) in [5.41, 5.74) is 2.42. The molecule has 0 aliphatic carbocycles. The van der Waals surface area contributed by atoms with Crippen molar-refractivity contribution in [2.24, 2.45) is 0 Å². The molecule has 0 aromatic heterocycles. The summed E-state index contributed by atoms with van der Waals surface area (Å²) in [4.78, 5) is 28.6. The fraction of sp³-hybridized carbons (Fsp3) is 0.417. The Morgan fingerprint density at radius 1 is 0.967 bits per heavy atom. The molecule has 6 nitrogen and oxygen atoms in total. The fourth-order valence-corrected chi connectivity index (χ4v) is 3.47. The molecule has 1 aliphatic rings. The van der Waals surface area contributed by atoms with Crippen molar-refractivity contribution in [3.05, 3.63) is 60.2 Å². The molecule has 1 saturated heterocycles. The molecule has 2 amide bonds. The van der Waals surface area contributed by atoms with Crippen LogP contribution >= 0.6 is 0 Å². The summed E-state index contributed by atoms with van der Waals surface area (Å²) in [6, 6.07) is 18.0. The van der Waals surface area contributed by atoms with E-state index in [1.54, 1.807) is 0 Å². The quantitative estimate of drug-likeness (QED) is 0.728. The van der Waals surface area contributed by atoms with E-state index in [9.17, 15) is 9.59 Å². The zero-order chi connectivity index (χ0) is 21.3. The number of hydrogen-bond acceptors (Lipinski definition) is 4. The van der Waals surface area contributed by atoms with Crippen molar-refractivity contribution in [3.8, 4) is 5.75 Å². The zero-order valence-electron chi connectivity index (χ0n) is 17.8. The maximum absolute atomic E-state index is 12.4. The number of amides is 2. The Kier molecular flexibility index (Phi) is 7.71. The molecule has 30 heavy (non-hydrogen) atoms. The number of nitrogens with one attached hydrogen (secondary N) is 1. The number of anilines is 1.